The van der Waals surface area contributed by atoms with Crippen molar-refractivity contribution in [3.8, 4) is 0 Å². The monoisotopic (exact) mass is 235 g/mol. The molecule has 0 saturated heterocycles. The molecule has 17 heavy (non-hydrogen) atoms. The first-order valence-corrected chi connectivity index (χ1v) is 6.28. The highest BCUT2D eigenvalue weighted by atomic mass is 16.3. The fourth-order valence-electron chi connectivity index (χ4n) is 2.06. The normalized spacial score (nSPS) is 12.1. The van der Waals surface area contributed by atoms with E-state index >= 15 is 0 Å². The van der Waals surface area contributed by atoms with Gasteiger partial charge in [-0.25, -0.2) is 0 Å². The molecule has 1 rings (SSSR count). The summed E-state index contributed by atoms with van der Waals surface area (Å²) in [6, 6.07) is 8.53. The van der Waals surface area contributed by atoms with Crippen LogP contribution in [0.4, 0.5) is 0 Å². The summed E-state index contributed by atoms with van der Waals surface area (Å²) < 4.78 is 0. The van der Waals surface area contributed by atoms with E-state index in [1.54, 1.807) is 0 Å². The Balaban J connectivity index is 2.44. The number of aliphatic hydroxyl groups is 1. The minimum atomic E-state index is -0.0134. The van der Waals surface area contributed by atoms with E-state index in [2.05, 4.69) is 57.0 Å². The molecule has 0 bridgehead atoms. The van der Waals surface area contributed by atoms with Gasteiger partial charge in [0.05, 0.1) is 0 Å². The molecule has 0 aliphatic heterocycles. The lowest BCUT2D eigenvalue weighted by atomic mass is 9.94. The first kappa shape index (κ1) is 14.2. The zero-order valence-electron chi connectivity index (χ0n) is 11.5. The van der Waals surface area contributed by atoms with Crippen LogP contribution in [0.15, 0.2) is 24.3 Å². The average molecular weight is 235 g/mol. The summed E-state index contributed by atoms with van der Waals surface area (Å²) in [6.45, 7) is 8.55. The van der Waals surface area contributed by atoms with E-state index in [0.717, 1.165) is 19.5 Å². The van der Waals surface area contributed by atoms with Gasteiger partial charge in [-0.3, -0.25) is 0 Å². The number of nitrogens with zero attached hydrogens (tertiary/aromatic N) is 1. The van der Waals surface area contributed by atoms with Gasteiger partial charge in [0.25, 0.3) is 0 Å². The maximum absolute atomic E-state index is 9.25. The van der Waals surface area contributed by atoms with Gasteiger partial charge in [0, 0.05) is 25.1 Å². The van der Waals surface area contributed by atoms with E-state index in [1.165, 1.54) is 11.1 Å². The molecule has 0 saturated carbocycles. The second-order valence-electron chi connectivity index (χ2n) is 5.74. The number of hydrogen-bond donors (Lipinski definition) is 1. The summed E-state index contributed by atoms with van der Waals surface area (Å²) in [7, 11) is 2.12. The second kappa shape index (κ2) is 6.18. The molecule has 2 heteroatoms. The van der Waals surface area contributed by atoms with Crippen LogP contribution in [-0.2, 0) is 6.42 Å². The van der Waals surface area contributed by atoms with Gasteiger partial charge >= 0.3 is 0 Å². The number of hydrogen-bond acceptors (Lipinski definition) is 2. The maximum atomic E-state index is 9.25. The Morgan fingerprint density at radius 3 is 2.47 bits per heavy atom. The molecule has 1 N–H and O–H groups in total. The molecule has 0 spiro atoms. The van der Waals surface area contributed by atoms with Crippen molar-refractivity contribution in [1.82, 2.24) is 4.90 Å². The van der Waals surface area contributed by atoms with E-state index < -0.39 is 0 Å². The van der Waals surface area contributed by atoms with E-state index in [9.17, 15) is 5.11 Å². The molecule has 96 valence electrons. The highest BCUT2D eigenvalue weighted by Gasteiger charge is 2.18. The molecule has 1 aromatic rings. The molecule has 0 amide bonds. The molecule has 1 aromatic carbocycles. The van der Waals surface area contributed by atoms with Crippen LogP contribution in [0.5, 0.6) is 0 Å². The molecule has 0 aliphatic rings. The molecule has 0 atom stereocenters. The summed E-state index contributed by atoms with van der Waals surface area (Å²) >= 11 is 0. The first-order chi connectivity index (χ1) is 7.94. The third-order valence-electron chi connectivity index (χ3n) is 3.15. The summed E-state index contributed by atoms with van der Waals surface area (Å²) in [4.78, 5) is 2.29. The summed E-state index contributed by atoms with van der Waals surface area (Å²) in [6.07, 6.45) is 1.07. The van der Waals surface area contributed by atoms with Gasteiger partial charge in [-0.15, -0.1) is 0 Å². The van der Waals surface area contributed by atoms with Crippen molar-refractivity contribution in [2.24, 2.45) is 5.41 Å². The van der Waals surface area contributed by atoms with Gasteiger partial charge in [0.15, 0.2) is 0 Å². The van der Waals surface area contributed by atoms with Gasteiger partial charge < -0.3 is 10.0 Å². The van der Waals surface area contributed by atoms with E-state index in [4.69, 9.17) is 0 Å². The Kier molecular flexibility index (Phi) is 5.16. The standard InChI is InChI=1S/C15H25NO/c1-13-7-5-6-8-14(13)9-10-16(4)11-15(2,3)12-17/h5-8,17H,9-12H2,1-4H3. The third-order valence-corrected chi connectivity index (χ3v) is 3.15. The Hall–Kier alpha value is -0.860. The maximum Gasteiger partial charge on any atom is 0.0494 e. The lowest BCUT2D eigenvalue weighted by molar-refractivity contribution is 0.116. The molecule has 0 aliphatic carbocycles. The second-order valence-corrected chi connectivity index (χ2v) is 5.74. The topological polar surface area (TPSA) is 23.5 Å². The molecule has 0 fully saturated rings. The fraction of sp³-hybridized carbons (Fsp3) is 0.600. The van der Waals surface area contributed by atoms with Crippen molar-refractivity contribution in [2.45, 2.75) is 27.2 Å². The van der Waals surface area contributed by atoms with Gasteiger partial charge in [-0.1, -0.05) is 38.1 Å². The van der Waals surface area contributed by atoms with Crippen LogP contribution in [0.2, 0.25) is 0 Å². The molecule has 0 radical (unpaired) electrons. The zero-order chi connectivity index (χ0) is 12.9. The number of aliphatic hydroxyl groups excluding tert-OH is 1. The largest absolute Gasteiger partial charge is 0.396 e. The van der Waals surface area contributed by atoms with E-state index in [1.807, 2.05) is 0 Å². The van der Waals surface area contributed by atoms with Crippen LogP contribution in [0.25, 0.3) is 0 Å². The van der Waals surface area contributed by atoms with Crippen LogP contribution in [0.1, 0.15) is 25.0 Å². The number of likely N-dealkylation sites (N-methyl/N-ethyl adjacent to an activating group) is 1. The Bertz CT molecular complexity index is 347. The van der Waals surface area contributed by atoms with Gasteiger partial charge in [-0.05, 0) is 31.5 Å². The predicted molar refractivity (Wildman–Crippen MR) is 73.2 cm³/mol. The average Bonchev–Trinajstić information content (AvgIpc) is 2.27. The molecule has 0 aromatic heterocycles. The smallest absolute Gasteiger partial charge is 0.0494 e. The minimum absolute atomic E-state index is 0.0134. The van der Waals surface area contributed by atoms with Gasteiger partial charge in [0.2, 0.25) is 0 Å². The molecule has 0 unspecified atom stereocenters. The Labute approximate surface area is 105 Å². The summed E-state index contributed by atoms with van der Waals surface area (Å²) in [5, 5.41) is 9.25. The number of benzene rings is 1. The summed E-state index contributed by atoms with van der Waals surface area (Å²) in [5.74, 6) is 0. The van der Waals surface area contributed by atoms with Crippen molar-refractivity contribution in [2.75, 3.05) is 26.7 Å². The van der Waals surface area contributed by atoms with Gasteiger partial charge in [0.1, 0.15) is 0 Å². The molecule has 2 nitrogen and oxygen atoms in total. The lowest BCUT2D eigenvalue weighted by Gasteiger charge is -2.28. The molecular weight excluding hydrogens is 210 g/mol. The number of aryl methyl sites for hydroxylation is 1. The SMILES string of the molecule is Cc1ccccc1CCN(C)CC(C)(C)CO. The fourth-order valence-corrected chi connectivity index (χ4v) is 2.06. The van der Waals surface area contributed by atoms with Crippen LogP contribution in [0, 0.1) is 12.3 Å². The highest BCUT2D eigenvalue weighted by Crippen LogP contribution is 2.15. The zero-order valence-corrected chi connectivity index (χ0v) is 11.5. The first-order valence-electron chi connectivity index (χ1n) is 6.28. The molecule has 0 heterocycles. The Morgan fingerprint density at radius 1 is 1.24 bits per heavy atom. The van der Waals surface area contributed by atoms with E-state index in [0.29, 0.717) is 0 Å². The van der Waals surface area contributed by atoms with Crippen molar-refractivity contribution >= 4 is 0 Å². The quantitative estimate of drug-likeness (QED) is 0.819. The lowest BCUT2D eigenvalue weighted by Crippen LogP contribution is -2.35. The van der Waals surface area contributed by atoms with Gasteiger partial charge in [-0.2, -0.15) is 0 Å². The van der Waals surface area contributed by atoms with Crippen LogP contribution < -0.4 is 0 Å². The Morgan fingerprint density at radius 2 is 1.88 bits per heavy atom. The highest BCUT2D eigenvalue weighted by molar-refractivity contribution is 5.25. The molecular formula is C15H25NO. The van der Waals surface area contributed by atoms with E-state index in [-0.39, 0.29) is 12.0 Å². The summed E-state index contributed by atoms with van der Waals surface area (Å²) in [5.41, 5.74) is 2.77. The predicted octanol–water partition coefficient (Wildman–Crippen LogP) is 2.49. The number of rotatable bonds is 6. The van der Waals surface area contributed by atoms with Crippen LogP contribution in [0.3, 0.4) is 0 Å². The van der Waals surface area contributed by atoms with Crippen LogP contribution >= 0.6 is 0 Å². The van der Waals surface area contributed by atoms with Crippen molar-refractivity contribution in [3.05, 3.63) is 35.4 Å². The minimum Gasteiger partial charge on any atom is -0.396 e. The van der Waals surface area contributed by atoms with Crippen molar-refractivity contribution in [3.63, 3.8) is 0 Å². The van der Waals surface area contributed by atoms with Crippen molar-refractivity contribution in [1.29, 1.82) is 0 Å². The third kappa shape index (κ3) is 4.88. The van der Waals surface area contributed by atoms with Crippen molar-refractivity contribution < 1.29 is 5.11 Å². The van der Waals surface area contributed by atoms with Crippen LogP contribution in [-0.4, -0.2) is 36.8 Å².